The Bertz CT molecular complexity index is 747. The Labute approximate surface area is 144 Å². The highest BCUT2D eigenvalue weighted by Crippen LogP contribution is 2.18. The normalized spacial score (nSPS) is 13.2. The number of hydrogen-bond acceptors (Lipinski definition) is 4. The van der Waals surface area contributed by atoms with Gasteiger partial charge >= 0.3 is 0 Å². The van der Waals surface area contributed by atoms with Gasteiger partial charge in [-0.2, -0.15) is 0 Å². The molecule has 24 heavy (non-hydrogen) atoms. The summed E-state index contributed by atoms with van der Waals surface area (Å²) in [4.78, 5) is 4.33. The molecule has 1 heterocycles. The van der Waals surface area contributed by atoms with Gasteiger partial charge in [0.15, 0.2) is 0 Å². The predicted molar refractivity (Wildman–Crippen MR) is 98.5 cm³/mol. The largest absolute Gasteiger partial charge is 0.315 e. The van der Waals surface area contributed by atoms with Crippen LogP contribution in [0, 0.1) is 0 Å². The molecule has 0 aliphatic rings. The van der Waals surface area contributed by atoms with Gasteiger partial charge in [-0.1, -0.05) is 32.3 Å². The maximum atomic E-state index is 12.5. The SMILES string of the molecule is CCCCCCNC[C@@H](C)NS(=O)(=O)c1ccc2cnccc2c1. The summed E-state index contributed by atoms with van der Waals surface area (Å²) >= 11 is 0. The molecular formula is C18H27N3O2S. The predicted octanol–water partition coefficient (Wildman–Crippen LogP) is 3.07. The smallest absolute Gasteiger partial charge is 0.240 e. The van der Waals surface area contributed by atoms with E-state index in [0.29, 0.717) is 6.54 Å². The van der Waals surface area contributed by atoms with Crippen molar-refractivity contribution in [3.63, 3.8) is 0 Å². The first-order chi connectivity index (χ1) is 11.5. The minimum Gasteiger partial charge on any atom is -0.315 e. The zero-order chi connectivity index (χ0) is 17.4. The first kappa shape index (κ1) is 18.8. The summed E-state index contributed by atoms with van der Waals surface area (Å²) in [6.07, 6.45) is 8.21. The van der Waals surface area contributed by atoms with Gasteiger partial charge in [-0.15, -0.1) is 0 Å². The number of unbranched alkanes of at least 4 members (excludes halogenated alkanes) is 3. The third kappa shape index (κ3) is 5.54. The van der Waals surface area contributed by atoms with Gasteiger partial charge in [0.25, 0.3) is 0 Å². The monoisotopic (exact) mass is 349 g/mol. The molecule has 2 aromatic rings. The minimum atomic E-state index is -3.51. The molecule has 0 saturated heterocycles. The fourth-order valence-corrected chi connectivity index (χ4v) is 3.88. The van der Waals surface area contributed by atoms with E-state index in [4.69, 9.17) is 0 Å². The number of fused-ring (bicyclic) bond motifs is 1. The number of nitrogens with one attached hydrogen (secondary N) is 2. The minimum absolute atomic E-state index is 0.158. The lowest BCUT2D eigenvalue weighted by molar-refractivity contribution is 0.525. The van der Waals surface area contributed by atoms with E-state index in [9.17, 15) is 8.42 Å². The van der Waals surface area contributed by atoms with Gasteiger partial charge in [0, 0.05) is 30.4 Å². The maximum absolute atomic E-state index is 12.5. The molecule has 0 saturated carbocycles. The van der Waals surface area contributed by atoms with E-state index >= 15 is 0 Å². The van der Waals surface area contributed by atoms with Gasteiger partial charge in [0.2, 0.25) is 10.0 Å². The highest BCUT2D eigenvalue weighted by atomic mass is 32.2. The van der Waals surface area contributed by atoms with Crippen molar-refractivity contribution in [1.29, 1.82) is 0 Å². The summed E-state index contributed by atoms with van der Waals surface area (Å²) in [7, 11) is -3.51. The van der Waals surface area contributed by atoms with Crippen LogP contribution in [0.15, 0.2) is 41.6 Å². The summed E-state index contributed by atoms with van der Waals surface area (Å²) < 4.78 is 27.7. The molecule has 0 unspecified atom stereocenters. The van der Waals surface area contributed by atoms with Crippen molar-refractivity contribution in [3.8, 4) is 0 Å². The van der Waals surface area contributed by atoms with Gasteiger partial charge < -0.3 is 5.32 Å². The molecule has 0 spiro atoms. The van der Waals surface area contributed by atoms with Crippen LogP contribution < -0.4 is 10.0 Å². The topological polar surface area (TPSA) is 71.1 Å². The number of benzene rings is 1. The van der Waals surface area contributed by atoms with Crippen LogP contribution in [0.4, 0.5) is 0 Å². The van der Waals surface area contributed by atoms with Crippen molar-refractivity contribution in [2.24, 2.45) is 0 Å². The Morgan fingerprint density at radius 3 is 2.75 bits per heavy atom. The fourth-order valence-electron chi connectivity index (χ4n) is 2.60. The Kier molecular flexibility index (Phi) is 7.15. The van der Waals surface area contributed by atoms with Crippen molar-refractivity contribution in [3.05, 3.63) is 36.7 Å². The Morgan fingerprint density at radius 2 is 1.96 bits per heavy atom. The highest BCUT2D eigenvalue weighted by Gasteiger charge is 2.17. The first-order valence-corrected chi connectivity index (χ1v) is 10.1. The lowest BCUT2D eigenvalue weighted by atomic mass is 10.2. The summed E-state index contributed by atoms with van der Waals surface area (Å²) in [5, 5.41) is 5.11. The zero-order valence-corrected chi connectivity index (χ0v) is 15.3. The second kappa shape index (κ2) is 9.11. The number of pyridine rings is 1. The van der Waals surface area contributed by atoms with Crippen LogP contribution in [0.1, 0.15) is 39.5 Å². The number of aromatic nitrogens is 1. The van der Waals surface area contributed by atoms with E-state index < -0.39 is 10.0 Å². The Hall–Kier alpha value is -1.50. The average molecular weight is 350 g/mol. The van der Waals surface area contributed by atoms with Crippen LogP contribution in [0.2, 0.25) is 0 Å². The van der Waals surface area contributed by atoms with E-state index in [1.807, 2.05) is 13.0 Å². The van der Waals surface area contributed by atoms with Crippen molar-refractivity contribution in [1.82, 2.24) is 15.0 Å². The fraction of sp³-hybridized carbons (Fsp3) is 0.500. The molecule has 5 nitrogen and oxygen atoms in total. The van der Waals surface area contributed by atoms with Crippen molar-refractivity contribution >= 4 is 20.8 Å². The quantitative estimate of drug-likeness (QED) is 0.647. The van der Waals surface area contributed by atoms with Gasteiger partial charge in [-0.3, -0.25) is 4.98 Å². The van der Waals surface area contributed by atoms with Crippen LogP contribution >= 0.6 is 0 Å². The second-order valence-corrected chi connectivity index (χ2v) is 7.89. The van der Waals surface area contributed by atoms with Crippen LogP contribution in [0.3, 0.4) is 0 Å². The molecule has 1 aromatic heterocycles. The Balaban J connectivity index is 1.89. The van der Waals surface area contributed by atoms with Crippen LogP contribution in [-0.2, 0) is 10.0 Å². The third-order valence-electron chi connectivity index (χ3n) is 3.94. The molecule has 6 heteroatoms. The van der Waals surface area contributed by atoms with Crippen molar-refractivity contribution < 1.29 is 8.42 Å². The van der Waals surface area contributed by atoms with E-state index in [1.54, 1.807) is 30.6 Å². The number of sulfonamides is 1. The van der Waals surface area contributed by atoms with Gasteiger partial charge in [-0.25, -0.2) is 13.1 Å². The van der Waals surface area contributed by atoms with Crippen LogP contribution in [-0.4, -0.2) is 32.5 Å². The van der Waals surface area contributed by atoms with Gasteiger partial charge in [0.1, 0.15) is 0 Å². The molecule has 0 fully saturated rings. The lowest BCUT2D eigenvalue weighted by Gasteiger charge is -2.15. The maximum Gasteiger partial charge on any atom is 0.240 e. The molecule has 0 aliphatic carbocycles. The summed E-state index contributed by atoms with van der Waals surface area (Å²) in [6, 6.07) is 6.75. The third-order valence-corrected chi connectivity index (χ3v) is 5.52. The molecule has 0 amide bonds. The first-order valence-electron chi connectivity index (χ1n) is 8.60. The van der Waals surface area contributed by atoms with Crippen LogP contribution in [0.5, 0.6) is 0 Å². The van der Waals surface area contributed by atoms with Gasteiger partial charge in [-0.05, 0) is 43.5 Å². The molecular weight excluding hydrogens is 322 g/mol. The van der Waals surface area contributed by atoms with E-state index in [0.717, 1.165) is 23.7 Å². The zero-order valence-electron chi connectivity index (χ0n) is 14.5. The van der Waals surface area contributed by atoms with E-state index in [2.05, 4.69) is 21.9 Å². The molecule has 1 aromatic carbocycles. The van der Waals surface area contributed by atoms with Gasteiger partial charge in [0.05, 0.1) is 4.90 Å². The van der Waals surface area contributed by atoms with E-state index in [1.165, 1.54) is 19.3 Å². The molecule has 2 rings (SSSR count). The second-order valence-electron chi connectivity index (χ2n) is 6.17. The number of rotatable bonds is 10. The summed E-state index contributed by atoms with van der Waals surface area (Å²) in [5.74, 6) is 0. The standard InChI is InChI=1S/C18H27N3O2S/c1-3-4-5-6-10-19-13-15(2)21-24(22,23)18-8-7-17-14-20-11-9-16(17)12-18/h7-9,11-12,14-15,19,21H,3-6,10,13H2,1-2H3/t15-/m1/s1. The summed E-state index contributed by atoms with van der Waals surface area (Å²) in [6.45, 7) is 5.62. The number of nitrogens with zero attached hydrogens (tertiary/aromatic N) is 1. The lowest BCUT2D eigenvalue weighted by Crippen LogP contribution is -2.40. The highest BCUT2D eigenvalue weighted by molar-refractivity contribution is 7.89. The average Bonchev–Trinajstić information content (AvgIpc) is 2.57. The molecule has 1 atom stereocenters. The van der Waals surface area contributed by atoms with Crippen molar-refractivity contribution in [2.45, 2.75) is 50.5 Å². The molecule has 0 bridgehead atoms. The molecule has 2 N–H and O–H groups in total. The Morgan fingerprint density at radius 1 is 1.12 bits per heavy atom. The number of hydrogen-bond donors (Lipinski definition) is 2. The molecule has 132 valence electrons. The van der Waals surface area contributed by atoms with E-state index in [-0.39, 0.29) is 10.9 Å². The molecule has 0 aliphatic heterocycles. The van der Waals surface area contributed by atoms with Crippen molar-refractivity contribution in [2.75, 3.05) is 13.1 Å². The molecule has 0 radical (unpaired) electrons. The van der Waals surface area contributed by atoms with Crippen LogP contribution in [0.25, 0.3) is 10.8 Å². The summed E-state index contributed by atoms with van der Waals surface area (Å²) in [5.41, 5.74) is 0.